The minimum absolute atomic E-state index is 0.116. The molecule has 10 nitrogen and oxygen atoms in total. The Morgan fingerprint density at radius 1 is 0.878 bits per heavy atom. The smallest absolute Gasteiger partial charge is 0.319 e. The van der Waals surface area contributed by atoms with Gasteiger partial charge in [-0.3, -0.25) is 19.0 Å². The highest BCUT2D eigenvalue weighted by molar-refractivity contribution is 5.97. The van der Waals surface area contributed by atoms with Crippen molar-refractivity contribution in [3.8, 4) is 5.69 Å². The Balaban J connectivity index is 0.000000172. The molecule has 2 aromatic carbocycles. The van der Waals surface area contributed by atoms with Gasteiger partial charge in [-0.2, -0.15) is 0 Å². The second kappa shape index (κ2) is 14.5. The van der Waals surface area contributed by atoms with Gasteiger partial charge in [0.05, 0.1) is 0 Å². The lowest BCUT2D eigenvalue weighted by Crippen LogP contribution is -2.42. The summed E-state index contributed by atoms with van der Waals surface area (Å²) in [5.41, 5.74) is 14.1. The SMILES string of the molecule is CCc1c[nH]c2cc(C(N)=O)ccc12.CN(C)C(=O)N1CCCCC1.NC(=O)c1ccc(-n2ccccc2=O)cc1. The third-order valence-electron chi connectivity index (χ3n) is 6.69. The van der Waals surface area contributed by atoms with Crippen LogP contribution in [0.1, 0.15) is 52.5 Å². The summed E-state index contributed by atoms with van der Waals surface area (Å²) in [5, 5.41) is 1.16. The molecule has 0 radical (unpaired) electrons. The van der Waals surface area contributed by atoms with Crippen LogP contribution in [0.3, 0.4) is 0 Å². The summed E-state index contributed by atoms with van der Waals surface area (Å²) in [5.74, 6) is -0.869. The summed E-state index contributed by atoms with van der Waals surface area (Å²) in [6.45, 7) is 3.98. The van der Waals surface area contributed by atoms with E-state index in [0.29, 0.717) is 16.8 Å². The lowest BCUT2D eigenvalue weighted by atomic mass is 10.1. The topological polar surface area (TPSA) is 148 Å². The molecule has 2 aromatic heterocycles. The highest BCUT2D eigenvalue weighted by Gasteiger charge is 2.17. The van der Waals surface area contributed by atoms with Crippen molar-refractivity contribution in [1.29, 1.82) is 0 Å². The number of aryl methyl sites for hydroxylation is 1. The van der Waals surface area contributed by atoms with E-state index in [1.807, 2.05) is 17.2 Å². The first-order valence-electron chi connectivity index (χ1n) is 13.6. The average Bonchev–Trinajstić information content (AvgIpc) is 3.40. The van der Waals surface area contributed by atoms with E-state index >= 15 is 0 Å². The second-order valence-electron chi connectivity index (χ2n) is 9.84. The van der Waals surface area contributed by atoms with Crippen LogP contribution in [0.15, 0.2) is 77.9 Å². The van der Waals surface area contributed by atoms with Gasteiger partial charge in [0.1, 0.15) is 0 Å². The number of benzene rings is 2. The van der Waals surface area contributed by atoms with Crippen molar-refractivity contribution < 1.29 is 14.4 Å². The zero-order valence-electron chi connectivity index (χ0n) is 23.8. The minimum atomic E-state index is -0.480. The Kier molecular flexibility index (Phi) is 10.9. The maximum atomic E-state index is 11.5. The molecule has 4 amide bonds. The molecular weight excluding hydrogens is 520 g/mol. The summed E-state index contributed by atoms with van der Waals surface area (Å²) in [6.07, 6.45) is 8.23. The Bertz CT molecular complexity index is 1530. The molecule has 0 atom stereocenters. The fourth-order valence-corrected chi connectivity index (χ4v) is 4.43. The number of amides is 4. The normalized spacial score (nSPS) is 12.4. The Morgan fingerprint density at radius 2 is 1.51 bits per heavy atom. The number of carbonyl (C=O) groups excluding carboxylic acids is 3. The van der Waals surface area contributed by atoms with E-state index < -0.39 is 5.91 Å². The predicted molar refractivity (Wildman–Crippen MR) is 161 cm³/mol. The second-order valence-corrected chi connectivity index (χ2v) is 9.84. The van der Waals surface area contributed by atoms with Gasteiger partial charge in [0.15, 0.2) is 0 Å². The van der Waals surface area contributed by atoms with Gasteiger partial charge < -0.3 is 26.3 Å². The molecule has 3 heterocycles. The van der Waals surface area contributed by atoms with E-state index in [9.17, 15) is 19.2 Å². The number of rotatable bonds is 4. The van der Waals surface area contributed by atoms with Gasteiger partial charge in [-0.15, -0.1) is 0 Å². The maximum absolute atomic E-state index is 11.5. The number of likely N-dealkylation sites (tertiary alicyclic amines) is 1. The predicted octanol–water partition coefficient (Wildman–Crippen LogP) is 3.92. The van der Waals surface area contributed by atoms with Gasteiger partial charge >= 0.3 is 6.03 Å². The first kappa shape index (κ1) is 30.7. The summed E-state index contributed by atoms with van der Waals surface area (Å²) in [7, 11) is 3.61. The zero-order valence-corrected chi connectivity index (χ0v) is 23.8. The number of nitrogens with zero attached hydrogens (tertiary/aromatic N) is 3. The number of carbonyl (C=O) groups is 3. The molecule has 0 saturated carbocycles. The molecule has 41 heavy (non-hydrogen) atoms. The van der Waals surface area contributed by atoms with Crippen LogP contribution in [0.2, 0.25) is 0 Å². The highest BCUT2D eigenvalue weighted by Crippen LogP contribution is 2.19. The van der Waals surface area contributed by atoms with E-state index in [-0.39, 0.29) is 17.5 Å². The van der Waals surface area contributed by atoms with Crippen LogP contribution in [0, 0.1) is 0 Å². The number of nitrogens with one attached hydrogen (secondary N) is 1. The van der Waals surface area contributed by atoms with Gasteiger partial charge in [0, 0.05) is 73.4 Å². The van der Waals surface area contributed by atoms with E-state index in [1.54, 1.807) is 73.7 Å². The number of primary amides is 2. The summed E-state index contributed by atoms with van der Waals surface area (Å²) in [4.78, 5) is 51.3. The molecule has 0 bridgehead atoms. The van der Waals surface area contributed by atoms with Crippen molar-refractivity contribution in [3.63, 3.8) is 0 Å². The molecule has 0 spiro atoms. The number of aromatic amines is 1. The molecule has 1 fully saturated rings. The van der Waals surface area contributed by atoms with Crippen LogP contribution in [0.25, 0.3) is 16.6 Å². The summed E-state index contributed by atoms with van der Waals surface area (Å²) >= 11 is 0. The Hall–Kier alpha value is -4.86. The number of hydrogen-bond donors (Lipinski definition) is 3. The third-order valence-corrected chi connectivity index (χ3v) is 6.69. The number of urea groups is 1. The van der Waals surface area contributed by atoms with Crippen LogP contribution in [0.5, 0.6) is 0 Å². The molecule has 1 aliphatic rings. The number of nitrogens with two attached hydrogens (primary N) is 2. The first-order valence-corrected chi connectivity index (χ1v) is 13.6. The van der Waals surface area contributed by atoms with Crippen LogP contribution in [-0.2, 0) is 6.42 Å². The number of fused-ring (bicyclic) bond motifs is 1. The number of piperidine rings is 1. The average molecular weight is 559 g/mol. The van der Waals surface area contributed by atoms with Crippen LogP contribution in [0.4, 0.5) is 4.79 Å². The Labute approximate surface area is 239 Å². The summed E-state index contributed by atoms with van der Waals surface area (Å²) < 4.78 is 1.49. The number of aromatic nitrogens is 2. The number of pyridine rings is 1. The maximum Gasteiger partial charge on any atom is 0.319 e. The minimum Gasteiger partial charge on any atom is -0.366 e. The highest BCUT2D eigenvalue weighted by atomic mass is 16.2. The number of H-pyrrole nitrogens is 1. The zero-order chi connectivity index (χ0) is 29.9. The van der Waals surface area contributed by atoms with Crippen molar-refractivity contribution in [1.82, 2.24) is 19.4 Å². The number of hydrogen-bond acceptors (Lipinski definition) is 4. The van der Waals surface area contributed by atoms with E-state index in [0.717, 1.165) is 30.4 Å². The van der Waals surface area contributed by atoms with E-state index in [1.165, 1.54) is 35.5 Å². The first-order chi connectivity index (χ1) is 19.6. The molecule has 5 N–H and O–H groups in total. The molecule has 1 saturated heterocycles. The van der Waals surface area contributed by atoms with Crippen LogP contribution >= 0.6 is 0 Å². The molecule has 4 aromatic rings. The fraction of sp³-hybridized carbons (Fsp3) is 0.290. The van der Waals surface area contributed by atoms with E-state index in [4.69, 9.17) is 11.5 Å². The van der Waals surface area contributed by atoms with Gasteiger partial charge in [0.2, 0.25) is 11.8 Å². The van der Waals surface area contributed by atoms with Crippen LogP contribution in [-0.4, -0.2) is 64.4 Å². The lowest BCUT2D eigenvalue weighted by Gasteiger charge is -2.29. The van der Waals surface area contributed by atoms with Crippen molar-refractivity contribution in [3.05, 3.63) is 100 Å². The molecule has 5 rings (SSSR count). The molecule has 0 unspecified atom stereocenters. The third kappa shape index (κ3) is 8.31. The molecular formula is C31H38N6O4. The van der Waals surface area contributed by atoms with Gasteiger partial charge in [-0.1, -0.05) is 19.1 Å². The lowest BCUT2D eigenvalue weighted by molar-refractivity contribution is 0.0992. The van der Waals surface area contributed by atoms with Crippen molar-refractivity contribution in [2.75, 3.05) is 27.2 Å². The fourth-order valence-electron chi connectivity index (χ4n) is 4.43. The van der Waals surface area contributed by atoms with Gasteiger partial charge in [-0.25, -0.2) is 4.79 Å². The molecule has 0 aliphatic carbocycles. The molecule has 1 aliphatic heterocycles. The van der Waals surface area contributed by atoms with E-state index in [2.05, 4.69) is 11.9 Å². The van der Waals surface area contributed by atoms with Crippen molar-refractivity contribution >= 4 is 28.7 Å². The summed E-state index contributed by atoms with van der Waals surface area (Å²) in [6, 6.07) is 17.1. The standard InChI is InChI=1S/C12H10N2O2.C11H12N2O.C8H16N2O/c13-12(16)9-4-6-10(7-5-9)14-8-2-1-3-11(14)15;1-2-7-6-13-10-5-8(11(12)14)3-4-9(7)10;1-9(2)8(11)10-6-4-3-5-7-10/h1-8H,(H2,13,16);3-6,13H,2H2,1H3,(H2,12,14);3-7H2,1-2H3. The molecule has 10 heteroatoms. The largest absolute Gasteiger partial charge is 0.366 e. The van der Waals surface area contributed by atoms with Gasteiger partial charge in [-0.05, 0) is 73.7 Å². The quantitative estimate of drug-likeness (QED) is 0.348. The van der Waals surface area contributed by atoms with Crippen LogP contribution < -0.4 is 17.0 Å². The van der Waals surface area contributed by atoms with Crippen molar-refractivity contribution in [2.24, 2.45) is 11.5 Å². The Morgan fingerprint density at radius 3 is 2.07 bits per heavy atom. The van der Waals surface area contributed by atoms with Gasteiger partial charge in [0.25, 0.3) is 5.56 Å². The van der Waals surface area contributed by atoms with Crippen molar-refractivity contribution in [2.45, 2.75) is 32.6 Å². The monoisotopic (exact) mass is 558 g/mol. The molecule has 216 valence electrons.